The van der Waals surface area contributed by atoms with Crippen LogP contribution in [0, 0.1) is 6.92 Å². The molecule has 0 unspecified atom stereocenters. The number of ether oxygens (including phenoxy) is 1. The molecule has 0 atom stereocenters. The fourth-order valence-corrected chi connectivity index (χ4v) is 2.53. The normalized spacial score (nSPS) is 10.7. The highest BCUT2D eigenvalue weighted by molar-refractivity contribution is 6.37. The molecule has 0 amide bonds. The smallest absolute Gasteiger partial charge is 0.139 e. The third kappa shape index (κ3) is 2.63. The highest BCUT2D eigenvalue weighted by Gasteiger charge is 2.07. The number of fused-ring (bicyclic) bond motifs is 1. The van der Waals surface area contributed by atoms with Crippen molar-refractivity contribution in [1.29, 1.82) is 0 Å². The first-order chi connectivity index (χ1) is 9.74. The molecule has 2 heteroatoms. The lowest BCUT2D eigenvalue weighted by Crippen LogP contribution is -1.95. The standard InChI is InChI=1S/C18H15ClO/c1-13-7-9-16-15(11-13)8-10-17(18(16)19)20-12-14-5-3-2-4-6-14/h2-11H,12H2,1H3. The third-order valence-electron chi connectivity index (χ3n) is 3.31. The molecule has 3 aromatic rings. The Bertz CT molecular complexity index is 735. The first kappa shape index (κ1) is 13.0. The van der Waals surface area contributed by atoms with E-state index >= 15 is 0 Å². The number of hydrogen-bond donors (Lipinski definition) is 0. The second-order valence-corrected chi connectivity index (χ2v) is 5.25. The minimum atomic E-state index is 0.526. The molecule has 0 bridgehead atoms. The van der Waals surface area contributed by atoms with Gasteiger partial charge in [0.25, 0.3) is 0 Å². The van der Waals surface area contributed by atoms with Gasteiger partial charge in [-0.3, -0.25) is 0 Å². The molecular weight excluding hydrogens is 268 g/mol. The van der Waals surface area contributed by atoms with Crippen LogP contribution in [0.1, 0.15) is 11.1 Å². The summed E-state index contributed by atoms with van der Waals surface area (Å²) in [4.78, 5) is 0. The zero-order valence-corrected chi connectivity index (χ0v) is 12.0. The second-order valence-electron chi connectivity index (χ2n) is 4.88. The van der Waals surface area contributed by atoms with Crippen molar-refractivity contribution in [2.45, 2.75) is 13.5 Å². The molecule has 0 N–H and O–H groups in total. The van der Waals surface area contributed by atoms with Gasteiger partial charge in [0.05, 0.1) is 5.02 Å². The van der Waals surface area contributed by atoms with E-state index in [0.717, 1.165) is 22.1 Å². The fraction of sp³-hybridized carbons (Fsp3) is 0.111. The maximum Gasteiger partial charge on any atom is 0.139 e. The molecule has 0 fully saturated rings. The van der Waals surface area contributed by atoms with E-state index in [4.69, 9.17) is 16.3 Å². The van der Waals surface area contributed by atoms with Crippen molar-refractivity contribution in [3.05, 3.63) is 76.8 Å². The Morgan fingerprint density at radius 3 is 2.55 bits per heavy atom. The first-order valence-electron chi connectivity index (χ1n) is 6.59. The summed E-state index contributed by atoms with van der Waals surface area (Å²) >= 11 is 6.44. The van der Waals surface area contributed by atoms with Gasteiger partial charge < -0.3 is 4.74 Å². The van der Waals surface area contributed by atoms with Gasteiger partial charge in [0.1, 0.15) is 12.4 Å². The maximum absolute atomic E-state index is 6.44. The van der Waals surface area contributed by atoms with Gasteiger partial charge in [-0.25, -0.2) is 0 Å². The second kappa shape index (κ2) is 5.56. The first-order valence-corrected chi connectivity index (χ1v) is 6.97. The van der Waals surface area contributed by atoms with Crippen LogP contribution in [0.25, 0.3) is 10.8 Å². The summed E-state index contributed by atoms with van der Waals surface area (Å²) in [5.74, 6) is 0.729. The van der Waals surface area contributed by atoms with Gasteiger partial charge in [0, 0.05) is 5.39 Å². The Labute approximate surface area is 123 Å². The fourth-order valence-electron chi connectivity index (χ4n) is 2.24. The molecule has 0 saturated heterocycles. The zero-order valence-electron chi connectivity index (χ0n) is 11.3. The maximum atomic E-state index is 6.44. The Kier molecular flexibility index (Phi) is 3.62. The zero-order chi connectivity index (χ0) is 13.9. The van der Waals surface area contributed by atoms with E-state index in [0.29, 0.717) is 11.6 Å². The number of halogens is 1. The molecule has 20 heavy (non-hydrogen) atoms. The molecule has 0 aliphatic carbocycles. The van der Waals surface area contributed by atoms with Crippen LogP contribution in [0.4, 0.5) is 0 Å². The summed E-state index contributed by atoms with van der Waals surface area (Å²) in [6, 6.07) is 20.3. The SMILES string of the molecule is Cc1ccc2c(Cl)c(OCc3ccccc3)ccc2c1. The minimum Gasteiger partial charge on any atom is -0.487 e. The lowest BCUT2D eigenvalue weighted by molar-refractivity contribution is 0.307. The molecule has 0 saturated carbocycles. The van der Waals surface area contributed by atoms with E-state index in [-0.39, 0.29) is 0 Å². The predicted octanol–water partition coefficient (Wildman–Crippen LogP) is 5.38. The number of rotatable bonds is 3. The van der Waals surface area contributed by atoms with Crippen LogP contribution < -0.4 is 4.74 Å². The molecule has 0 heterocycles. The van der Waals surface area contributed by atoms with Gasteiger partial charge in [-0.05, 0) is 23.9 Å². The van der Waals surface area contributed by atoms with Gasteiger partial charge in [-0.2, -0.15) is 0 Å². The largest absolute Gasteiger partial charge is 0.487 e. The van der Waals surface area contributed by atoms with E-state index < -0.39 is 0 Å². The Hall–Kier alpha value is -1.99. The molecule has 0 aliphatic rings. The molecule has 1 nitrogen and oxygen atoms in total. The molecule has 0 aromatic heterocycles. The van der Waals surface area contributed by atoms with Crippen LogP contribution in [-0.4, -0.2) is 0 Å². The van der Waals surface area contributed by atoms with Crippen LogP contribution in [0.15, 0.2) is 60.7 Å². The molecule has 0 radical (unpaired) electrons. The molecular formula is C18H15ClO. The average Bonchev–Trinajstić information content (AvgIpc) is 2.47. The van der Waals surface area contributed by atoms with Crippen molar-refractivity contribution in [3.63, 3.8) is 0 Å². The molecule has 100 valence electrons. The van der Waals surface area contributed by atoms with E-state index in [9.17, 15) is 0 Å². The quantitative estimate of drug-likeness (QED) is 0.626. The van der Waals surface area contributed by atoms with Crippen LogP contribution in [0.3, 0.4) is 0 Å². The van der Waals surface area contributed by atoms with Crippen LogP contribution in [0.5, 0.6) is 5.75 Å². The van der Waals surface area contributed by atoms with Gasteiger partial charge in [-0.15, -0.1) is 0 Å². The van der Waals surface area contributed by atoms with Crippen LogP contribution in [-0.2, 0) is 6.61 Å². The van der Waals surface area contributed by atoms with Crippen molar-refractivity contribution in [3.8, 4) is 5.75 Å². The minimum absolute atomic E-state index is 0.526. The van der Waals surface area contributed by atoms with Crippen molar-refractivity contribution in [1.82, 2.24) is 0 Å². The topological polar surface area (TPSA) is 9.23 Å². The number of benzene rings is 3. The summed E-state index contributed by atoms with van der Waals surface area (Å²) in [6.45, 7) is 2.60. The lowest BCUT2D eigenvalue weighted by atomic mass is 10.1. The van der Waals surface area contributed by atoms with Crippen LogP contribution in [0.2, 0.25) is 5.02 Å². The van der Waals surface area contributed by atoms with Crippen molar-refractivity contribution in [2.75, 3.05) is 0 Å². The number of aryl methyl sites for hydroxylation is 1. The van der Waals surface area contributed by atoms with Gasteiger partial charge >= 0.3 is 0 Å². The third-order valence-corrected chi connectivity index (χ3v) is 3.70. The van der Waals surface area contributed by atoms with Crippen molar-refractivity contribution >= 4 is 22.4 Å². The Balaban J connectivity index is 1.89. The Morgan fingerprint density at radius 2 is 1.75 bits per heavy atom. The number of hydrogen-bond acceptors (Lipinski definition) is 1. The highest BCUT2D eigenvalue weighted by Crippen LogP contribution is 2.33. The van der Waals surface area contributed by atoms with Gasteiger partial charge in [0.15, 0.2) is 0 Å². The summed E-state index contributed by atoms with van der Waals surface area (Å²) in [5, 5.41) is 2.85. The lowest BCUT2D eigenvalue weighted by Gasteiger charge is -2.10. The summed E-state index contributed by atoms with van der Waals surface area (Å²) in [6.07, 6.45) is 0. The highest BCUT2D eigenvalue weighted by atomic mass is 35.5. The summed E-state index contributed by atoms with van der Waals surface area (Å²) in [5.41, 5.74) is 2.36. The van der Waals surface area contributed by atoms with E-state index in [1.165, 1.54) is 5.56 Å². The molecule has 3 rings (SSSR count). The van der Waals surface area contributed by atoms with Crippen molar-refractivity contribution in [2.24, 2.45) is 0 Å². The Morgan fingerprint density at radius 1 is 0.950 bits per heavy atom. The van der Waals surface area contributed by atoms with E-state index in [1.54, 1.807) is 0 Å². The van der Waals surface area contributed by atoms with Crippen molar-refractivity contribution < 1.29 is 4.74 Å². The molecule has 3 aromatic carbocycles. The monoisotopic (exact) mass is 282 g/mol. The summed E-state index contributed by atoms with van der Waals surface area (Å²) < 4.78 is 5.83. The van der Waals surface area contributed by atoms with E-state index in [1.807, 2.05) is 42.5 Å². The van der Waals surface area contributed by atoms with Gasteiger partial charge in [-0.1, -0.05) is 71.8 Å². The molecule has 0 aliphatic heterocycles. The van der Waals surface area contributed by atoms with Crippen LogP contribution >= 0.6 is 11.6 Å². The molecule has 0 spiro atoms. The average molecular weight is 283 g/mol. The van der Waals surface area contributed by atoms with Gasteiger partial charge in [0.2, 0.25) is 0 Å². The summed E-state index contributed by atoms with van der Waals surface area (Å²) in [7, 11) is 0. The van der Waals surface area contributed by atoms with E-state index in [2.05, 4.69) is 25.1 Å². The predicted molar refractivity (Wildman–Crippen MR) is 84.5 cm³/mol.